The summed E-state index contributed by atoms with van der Waals surface area (Å²) >= 11 is 6.26. The van der Waals surface area contributed by atoms with Gasteiger partial charge in [-0.3, -0.25) is 0 Å². The normalized spacial score (nSPS) is 12.1. The first-order valence-corrected chi connectivity index (χ1v) is 7.18. The van der Waals surface area contributed by atoms with E-state index < -0.39 is 7.50 Å². The summed E-state index contributed by atoms with van der Waals surface area (Å²) in [7, 11) is -1.10. The van der Waals surface area contributed by atoms with E-state index >= 15 is 0 Å². The molecule has 3 heteroatoms. The third-order valence-corrected chi connectivity index (χ3v) is 4.08. The van der Waals surface area contributed by atoms with Gasteiger partial charge in [-0.1, -0.05) is 48.5 Å². The van der Waals surface area contributed by atoms with Gasteiger partial charge in [0.05, 0.1) is 0 Å². The Hall–Kier alpha value is -1.04. The molecule has 1 unspecified atom stereocenters. The quantitative estimate of drug-likeness (QED) is 0.740. The van der Waals surface area contributed by atoms with Crippen LogP contribution in [0.3, 0.4) is 0 Å². The highest BCUT2D eigenvalue weighted by molar-refractivity contribution is 7.86. The molecule has 0 spiro atoms. The van der Waals surface area contributed by atoms with Crippen molar-refractivity contribution in [1.82, 2.24) is 0 Å². The van der Waals surface area contributed by atoms with Gasteiger partial charge in [-0.2, -0.15) is 0 Å². The average Bonchev–Trinajstić information content (AvgIpc) is 2.33. The van der Waals surface area contributed by atoms with E-state index in [0.717, 1.165) is 16.6 Å². The Kier molecular flexibility index (Phi) is 3.82. The van der Waals surface area contributed by atoms with Crippen LogP contribution in [0.1, 0.15) is 5.56 Å². The third-order valence-electron chi connectivity index (χ3n) is 2.23. The number of aryl methyl sites for hydroxylation is 1. The molecule has 0 saturated carbocycles. The van der Waals surface area contributed by atoms with Crippen LogP contribution in [0, 0.1) is 6.92 Å². The van der Waals surface area contributed by atoms with E-state index in [4.69, 9.17) is 15.8 Å². The number of hydrogen-bond donors (Lipinski definition) is 0. The Morgan fingerprint density at radius 3 is 2.25 bits per heavy atom. The lowest BCUT2D eigenvalue weighted by atomic mass is 10.2. The molecule has 2 aromatic carbocycles. The second-order valence-corrected chi connectivity index (χ2v) is 5.55. The Balaban J connectivity index is 2.14. The molecule has 0 aliphatic heterocycles. The van der Waals surface area contributed by atoms with Crippen LogP contribution in [-0.4, -0.2) is 0 Å². The Labute approximate surface area is 102 Å². The fraction of sp³-hybridized carbons (Fsp3) is 0.0769. The predicted molar refractivity (Wildman–Crippen MR) is 70.7 cm³/mol. The van der Waals surface area contributed by atoms with Gasteiger partial charge < -0.3 is 4.52 Å². The highest BCUT2D eigenvalue weighted by Gasteiger charge is 2.10. The van der Waals surface area contributed by atoms with Crippen molar-refractivity contribution in [3.05, 3.63) is 60.2 Å². The summed E-state index contributed by atoms with van der Waals surface area (Å²) in [6.45, 7) is 2.01. The molecule has 0 aromatic heterocycles. The molecule has 2 aromatic rings. The minimum absolute atomic E-state index is 0.854. The summed E-state index contributed by atoms with van der Waals surface area (Å²) in [6.07, 6.45) is 0. The minimum atomic E-state index is -1.10. The van der Waals surface area contributed by atoms with Gasteiger partial charge in [-0.05, 0) is 29.8 Å². The molecule has 0 fully saturated rings. The summed E-state index contributed by atoms with van der Waals surface area (Å²) in [5.41, 5.74) is 1.10. The lowest BCUT2D eigenvalue weighted by Gasteiger charge is -2.13. The van der Waals surface area contributed by atoms with Gasteiger partial charge in [0.15, 0.2) is 0 Å². The van der Waals surface area contributed by atoms with E-state index in [1.165, 1.54) is 0 Å². The maximum absolute atomic E-state index is 6.26. The maximum atomic E-state index is 6.26. The molecular weight excluding hydrogens is 239 g/mol. The van der Waals surface area contributed by atoms with Crippen molar-refractivity contribution in [3.8, 4) is 5.75 Å². The molecule has 16 heavy (non-hydrogen) atoms. The first-order valence-electron chi connectivity index (χ1n) is 5.02. The van der Waals surface area contributed by atoms with Crippen molar-refractivity contribution in [2.75, 3.05) is 0 Å². The summed E-state index contributed by atoms with van der Waals surface area (Å²) in [5.74, 6) is 0.854. The fourth-order valence-electron chi connectivity index (χ4n) is 1.34. The predicted octanol–water partition coefficient (Wildman–Crippen LogP) is 4.25. The zero-order chi connectivity index (χ0) is 11.4. The number of halogens is 1. The van der Waals surface area contributed by atoms with Crippen molar-refractivity contribution < 1.29 is 4.52 Å². The van der Waals surface area contributed by atoms with E-state index in [9.17, 15) is 0 Å². The van der Waals surface area contributed by atoms with Crippen molar-refractivity contribution in [3.63, 3.8) is 0 Å². The molecule has 0 N–H and O–H groups in total. The lowest BCUT2D eigenvalue weighted by Crippen LogP contribution is -2.00. The third kappa shape index (κ3) is 2.75. The standard InChI is InChI=1S/C13H12ClOP/c1-11-7-5-6-10-13(11)15-16(14)12-8-3-2-4-9-12/h2-10H,1H3. The monoisotopic (exact) mass is 250 g/mol. The van der Waals surface area contributed by atoms with Crippen LogP contribution in [0.4, 0.5) is 0 Å². The Morgan fingerprint density at radius 2 is 1.56 bits per heavy atom. The topological polar surface area (TPSA) is 9.23 Å². The molecule has 0 bridgehead atoms. The molecule has 2 rings (SSSR count). The first kappa shape index (κ1) is 11.4. The van der Waals surface area contributed by atoms with Gasteiger partial charge in [-0.25, -0.2) is 0 Å². The van der Waals surface area contributed by atoms with Crippen LogP contribution in [0.15, 0.2) is 54.6 Å². The Morgan fingerprint density at radius 1 is 0.938 bits per heavy atom. The van der Waals surface area contributed by atoms with Gasteiger partial charge in [0.25, 0.3) is 0 Å². The van der Waals surface area contributed by atoms with E-state index in [0.29, 0.717) is 0 Å². The largest absolute Gasteiger partial charge is 0.453 e. The number of hydrogen-bond acceptors (Lipinski definition) is 1. The lowest BCUT2D eigenvalue weighted by molar-refractivity contribution is 0.628. The summed E-state index contributed by atoms with van der Waals surface area (Å²) < 4.78 is 5.76. The van der Waals surface area contributed by atoms with E-state index in [-0.39, 0.29) is 0 Å². The Bertz CT molecular complexity index is 458. The molecule has 0 saturated heterocycles. The van der Waals surface area contributed by atoms with Crippen LogP contribution in [0.25, 0.3) is 0 Å². The van der Waals surface area contributed by atoms with Crippen LogP contribution < -0.4 is 9.83 Å². The molecule has 1 atom stereocenters. The molecule has 82 valence electrons. The smallest absolute Gasteiger partial charge is 0.215 e. The SMILES string of the molecule is Cc1ccccc1OP(Cl)c1ccccc1. The second-order valence-electron chi connectivity index (χ2n) is 3.44. The van der Waals surface area contributed by atoms with Crippen LogP contribution >= 0.6 is 18.7 Å². The highest BCUT2D eigenvalue weighted by Crippen LogP contribution is 2.42. The van der Waals surface area contributed by atoms with Gasteiger partial charge in [-0.15, -0.1) is 0 Å². The van der Waals surface area contributed by atoms with Crippen molar-refractivity contribution in [1.29, 1.82) is 0 Å². The molecule has 0 radical (unpaired) electrons. The maximum Gasteiger partial charge on any atom is 0.215 e. The van der Waals surface area contributed by atoms with E-state index in [2.05, 4.69) is 0 Å². The highest BCUT2D eigenvalue weighted by atomic mass is 35.7. The van der Waals surface area contributed by atoms with Crippen molar-refractivity contribution >= 4 is 24.0 Å². The van der Waals surface area contributed by atoms with Gasteiger partial charge in [0, 0.05) is 5.30 Å². The van der Waals surface area contributed by atoms with E-state index in [1.807, 2.05) is 61.5 Å². The molecule has 0 aliphatic carbocycles. The van der Waals surface area contributed by atoms with Crippen molar-refractivity contribution in [2.45, 2.75) is 6.92 Å². The summed E-state index contributed by atoms with van der Waals surface area (Å²) in [4.78, 5) is 0. The minimum Gasteiger partial charge on any atom is -0.453 e. The van der Waals surface area contributed by atoms with Crippen LogP contribution in [-0.2, 0) is 0 Å². The van der Waals surface area contributed by atoms with Gasteiger partial charge in [0.2, 0.25) is 7.50 Å². The molecule has 0 aliphatic rings. The van der Waals surface area contributed by atoms with Gasteiger partial charge in [0.1, 0.15) is 5.75 Å². The molecular formula is C13H12ClOP. The number of para-hydroxylation sites is 1. The van der Waals surface area contributed by atoms with Crippen LogP contribution in [0.5, 0.6) is 5.75 Å². The number of benzene rings is 2. The summed E-state index contributed by atoms with van der Waals surface area (Å²) in [6, 6.07) is 17.8. The zero-order valence-corrected chi connectivity index (χ0v) is 10.6. The zero-order valence-electron chi connectivity index (χ0n) is 8.93. The second kappa shape index (κ2) is 5.34. The first-order chi connectivity index (χ1) is 7.77. The molecule has 1 nitrogen and oxygen atoms in total. The van der Waals surface area contributed by atoms with Crippen LogP contribution in [0.2, 0.25) is 0 Å². The van der Waals surface area contributed by atoms with Gasteiger partial charge >= 0.3 is 0 Å². The van der Waals surface area contributed by atoms with E-state index in [1.54, 1.807) is 0 Å². The van der Waals surface area contributed by atoms with Crippen molar-refractivity contribution in [2.24, 2.45) is 0 Å². The molecule has 0 amide bonds. The fourth-order valence-corrected chi connectivity index (χ4v) is 2.79. The number of rotatable bonds is 3. The molecule has 0 heterocycles. The summed E-state index contributed by atoms with van der Waals surface area (Å²) in [5, 5.41) is 1.03. The average molecular weight is 251 g/mol.